The standard InChI is InChI=1S/C15H16Br2N2/c1-19(9-6-12-4-7-18-8-5-12)15-3-2-13(11-16)10-14(15)17/h2-5,7-8,10H,6,9,11H2,1H3. The number of halogens is 2. The molecule has 0 aliphatic rings. The summed E-state index contributed by atoms with van der Waals surface area (Å²) in [5.41, 5.74) is 3.81. The number of likely N-dealkylation sites (N-methyl/N-ethyl adjacent to an activating group) is 1. The molecule has 0 radical (unpaired) electrons. The third-order valence-corrected chi connectivity index (χ3v) is 4.35. The molecule has 0 aliphatic carbocycles. The van der Waals surface area contributed by atoms with Gasteiger partial charge in [0.1, 0.15) is 0 Å². The Morgan fingerprint density at radius 2 is 1.84 bits per heavy atom. The Balaban J connectivity index is 2.02. The molecule has 1 aromatic carbocycles. The molecule has 0 bridgehead atoms. The third-order valence-electron chi connectivity index (χ3n) is 3.06. The zero-order chi connectivity index (χ0) is 13.7. The van der Waals surface area contributed by atoms with Gasteiger partial charge in [0.05, 0.1) is 5.69 Å². The van der Waals surface area contributed by atoms with Crippen molar-refractivity contribution in [2.45, 2.75) is 11.8 Å². The summed E-state index contributed by atoms with van der Waals surface area (Å²) in [6.07, 6.45) is 4.71. The van der Waals surface area contributed by atoms with Crippen molar-refractivity contribution in [1.82, 2.24) is 4.98 Å². The SMILES string of the molecule is CN(CCc1ccncc1)c1ccc(CBr)cc1Br. The van der Waals surface area contributed by atoms with Crippen molar-refractivity contribution in [2.75, 3.05) is 18.5 Å². The summed E-state index contributed by atoms with van der Waals surface area (Å²) >= 11 is 7.12. The Labute approximate surface area is 131 Å². The van der Waals surface area contributed by atoms with Crippen LogP contribution in [0.15, 0.2) is 47.2 Å². The molecule has 0 atom stereocenters. The number of pyridine rings is 1. The number of rotatable bonds is 5. The Morgan fingerprint density at radius 1 is 1.11 bits per heavy atom. The van der Waals surface area contributed by atoms with Crippen molar-refractivity contribution in [2.24, 2.45) is 0 Å². The van der Waals surface area contributed by atoms with Gasteiger partial charge < -0.3 is 4.90 Å². The van der Waals surface area contributed by atoms with Crippen LogP contribution in [0.25, 0.3) is 0 Å². The molecule has 2 nitrogen and oxygen atoms in total. The largest absolute Gasteiger partial charge is 0.373 e. The number of nitrogens with zero attached hydrogens (tertiary/aromatic N) is 2. The van der Waals surface area contributed by atoms with Gasteiger partial charge in [-0.3, -0.25) is 4.98 Å². The van der Waals surface area contributed by atoms with Crippen LogP contribution in [0.1, 0.15) is 11.1 Å². The minimum atomic E-state index is 0.882. The molecule has 100 valence electrons. The maximum atomic E-state index is 4.04. The van der Waals surface area contributed by atoms with Crippen molar-refractivity contribution in [3.05, 3.63) is 58.3 Å². The molecule has 0 N–H and O–H groups in total. The van der Waals surface area contributed by atoms with Crippen molar-refractivity contribution < 1.29 is 0 Å². The summed E-state index contributed by atoms with van der Waals surface area (Å²) in [6.45, 7) is 0.982. The highest BCUT2D eigenvalue weighted by molar-refractivity contribution is 9.10. The average Bonchev–Trinajstić information content (AvgIpc) is 2.45. The van der Waals surface area contributed by atoms with E-state index < -0.39 is 0 Å². The van der Waals surface area contributed by atoms with Gasteiger partial charge >= 0.3 is 0 Å². The van der Waals surface area contributed by atoms with Crippen molar-refractivity contribution in [3.8, 4) is 0 Å². The van der Waals surface area contributed by atoms with Crippen LogP contribution in [-0.4, -0.2) is 18.6 Å². The normalized spacial score (nSPS) is 10.5. The van der Waals surface area contributed by atoms with E-state index in [-0.39, 0.29) is 0 Å². The highest BCUT2D eigenvalue weighted by Gasteiger charge is 2.06. The number of alkyl halides is 1. The first-order valence-corrected chi connectivity index (χ1v) is 8.06. The number of anilines is 1. The highest BCUT2D eigenvalue weighted by Crippen LogP contribution is 2.27. The molecule has 2 rings (SSSR count). The average molecular weight is 384 g/mol. The van der Waals surface area contributed by atoms with Crippen LogP contribution in [0.5, 0.6) is 0 Å². The van der Waals surface area contributed by atoms with Crippen LogP contribution in [-0.2, 0) is 11.8 Å². The van der Waals surface area contributed by atoms with E-state index in [4.69, 9.17) is 0 Å². The fourth-order valence-corrected chi connectivity index (χ4v) is 2.99. The minimum Gasteiger partial charge on any atom is -0.373 e. The monoisotopic (exact) mass is 382 g/mol. The lowest BCUT2D eigenvalue weighted by Crippen LogP contribution is -2.20. The maximum Gasteiger partial charge on any atom is 0.0508 e. The summed E-state index contributed by atoms with van der Waals surface area (Å²) < 4.78 is 1.14. The summed E-state index contributed by atoms with van der Waals surface area (Å²) in [7, 11) is 2.12. The van der Waals surface area contributed by atoms with Crippen LogP contribution in [0, 0.1) is 0 Å². The van der Waals surface area contributed by atoms with Crippen molar-refractivity contribution in [3.63, 3.8) is 0 Å². The maximum absolute atomic E-state index is 4.04. The zero-order valence-corrected chi connectivity index (χ0v) is 14.0. The molecule has 0 spiro atoms. The first-order chi connectivity index (χ1) is 9.20. The highest BCUT2D eigenvalue weighted by atomic mass is 79.9. The van der Waals surface area contributed by atoms with Crippen LogP contribution in [0.4, 0.5) is 5.69 Å². The van der Waals surface area contributed by atoms with Gasteiger partial charge in [-0.25, -0.2) is 0 Å². The fourth-order valence-electron chi connectivity index (χ4n) is 1.91. The Bertz CT molecular complexity index is 529. The van der Waals surface area contributed by atoms with Gasteiger partial charge in [-0.05, 0) is 57.7 Å². The Kier molecular flexibility index (Phi) is 5.40. The van der Waals surface area contributed by atoms with Crippen LogP contribution in [0.2, 0.25) is 0 Å². The molecule has 0 unspecified atom stereocenters. The van der Waals surface area contributed by atoms with E-state index in [1.54, 1.807) is 0 Å². The van der Waals surface area contributed by atoms with Gasteiger partial charge in [0.15, 0.2) is 0 Å². The molecule has 0 saturated heterocycles. The van der Waals surface area contributed by atoms with Gasteiger partial charge in [0.2, 0.25) is 0 Å². The second kappa shape index (κ2) is 7.06. The lowest BCUT2D eigenvalue weighted by molar-refractivity contribution is 0.872. The van der Waals surface area contributed by atoms with E-state index in [1.165, 1.54) is 16.8 Å². The van der Waals surface area contributed by atoms with Crippen LogP contribution < -0.4 is 4.90 Å². The van der Waals surface area contributed by atoms with E-state index in [0.717, 1.165) is 22.8 Å². The number of hydrogen-bond donors (Lipinski definition) is 0. The quantitative estimate of drug-likeness (QED) is 0.710. The molecule has 0 amide bonds. The van der Waals surface area contributed by atoms with E-state index in [2.05, 4.69) is 79.1 Å². The lowest BCUT2D eigenvalue weighted by atomic mass is 10.1. The molecule has 1 aromatic heterocycles. The molecule has 0 saturated carbocycles. The molecular weight excluding hydrogens is 368 g/mol. The molecule has 2 aromatic rings. The van der Waals surface area contributed by atoms with E-state index in [1.807, 2.05) is 12.4 Å². The number of aromatic nitrogens is 1. The van der Waals surface area contributed by atoms with Crippen molar-refractivity contribution >= 4 is 37.5 Å². The zero-order valence-electron chi connectivity index (χ0n) is 10.8. The summed E-state index contributed by atoms with van der Waals surface area (Å²) in [6, 6.07) is 10.6. The molecule has 0 aliphatic heterocycles. The lowest BCUT2D eigenvalue weighted by Gasteiger charge is -2.21. The predicted octanol–water partition coefficient (Wildman–Crippen LogP) is 4.42. The first-order valence-electron chi connectivity index (χ1n) is 6.15. The minimum absolute atomic E-state index is 0.882. The van der Waals surface area contributed by atoms with E-state index in [9.17, 15) is 0 Å². The fraction of sp³-hybridized carbons (Fsp3) is 0.267. The van der Waals surface area contributed by atoms with Crippen molar-refractivity contribution in [1.29, 1.82) is 0 Å². The molecular formula is C15H16Br2N2. The number of hydrogen-bond acceptors (Lipinski definition) is 2. The summed E-state index contributed by atoms with van der Waals surface area (Å²) in [5, 5.41) is 0.882. The second-order valence-electron chi connectivity index (χ2n) is 4.45. The second-order valence-corrected chi connectivity index (χ2v) is 5.86. The molecule has 19 heavy (non-hydrogen) atoms. The van der Waals surface area contributed by atoms with Gasteiger partial charge in [-0.2, -0.15) is 0 Å². The first kappa shape index (κ1) is 14.5. The van der Waals surface area contributed by atoms with Gasteiger partial charge in [-0.1, -0.05) is 22.0 Å². The smallest absolute Gasteiger partial charge is 0.0508 e. The van der Waals surface area contributed by atoms with E-state index in [0.29, 0.717) is 0 Å². The Morgan fingerprint density at radius 3 is 2.47 bits per heavy atom. The van der Waals surface area contributed by atoms with Gasteiger partial charge in [-0.15, -0.1) is 0 Å². The van der Waals surface area contributed by atoms with Crippen LogP contribution in [0.3, 0.4) is 0 Å². The van der Waals surface area contributed by atoms with Gasteiger partial charge in [0.25, 0.3) is 0 Å². The summed E-state index contributed by atoms with van der Waals surface area (Å²) in [5.74, 6) is 0. The number of benzene rings is 1. The van der Waals surface area contributed by atoms with Gasteiger partial charge in [0, 0.05) is 35.8 Å². The molecule has 4 heteroatoms. The van der Waals surface area contributed by atoms with E-state index >= 15 is 0 Å². The topological polar surface area (TPSA) is 16.1 Å². The molecule has 0 fully saturated rings. The summed E-state index contributed by atoms with van der Waals surface area (Å²) in [4.78, 5) is 6.30. The third kappa shape index (κ3) is 4.05. The van der Waals surface area contributed by atoms with Crippen LogP contribution >= 0.6 is 31.9 Å². The predicted molar refractivity (Wildman–Crippen MR) is 88.0 cm³/mol. The Hall–Kier alpha value is -0.870. The molecule has 1 heterocycles.